The van der Waals surface area contributed by atoms with E-state index in [9.17, 15) is 4.79 Å². The summed E-state index contributed by atoms with van der Waals surface area (Å²) in [5.41, 5.74) is 3.60. The Morgan fingerprint density at radius 3 is 2.79 bits per heavy atom. The number of hydrogen-bond donors (Lipinski definition) is 1. The van der Waals surface area contributed by atoms with Crippen molar-refractivity contribution in [1.82, 2.24) is 19.9 Å². The van der Waals surface area contributed by atoms with Gasteiger partial charge in [0.15, 0.2) is 0 Å². The first kappa shape index (κ1) is 14.9. The number of hydrogen-bond acceptors (Lipinski definition) is 3. The van der Waals surface area contributed by atoms with Crippen molar-refractivity contribution in [2.75, 3.05) is 5.32 Å². The Kier molecular flexibility index (Phi) is 3.78. The van der Waals surface area contributed by atoms with Crippen LogP contribution in [-0.4, -0.2) is 25.9 Å². The number of fused-ring (bicyclic) bond motifs is 3. The SMILES string of the molecule is O=C(Nc1ccccc1)N1Cc2cc(Br)ccc2-n2nncc2C1. The number of carbonyl (C=O) groups excluding carboxylic acids is 1. The molecule has 1 aromatic heterocycles. The topological polar surface area (TPSA) is 63.1 Å². The number of halogens is 1. The van der Waals surface area contributed by atoms with Crippen molar-refractivity contribution in [2.24, 2.45) is 0 Å². The van der Waals surface area contributed by atoms with Gasteiger partial charge in [-0.3, -0.25) is 0 Å². The minimum absolute atomic E-state index is 0.151. The normalized spacial score (nSPS) is 13.0. The van der Waals surface area contributed by atoms with E-state index in [1.807, 2.05) is 48.5 Å². The largest absolute Gasteiger partial charge is 0.322 e. The molecule has 0 radical (unpaired) electrons. The minimum atomic E-state index is -0.151. The first-order valence-electron chi connectivity index (χ1n) is 7.50. The average molecular weight is 384 g/mol. The zero-order valence-electron chi connectivity index (χ0n) is 12.7. The Bertz CT molecular complexity index is 893. The van der Waals surface area contributed by atoms with Gasteiger partial charge in [0, 0.05) is 10.2 Å². The molecule has 0 saturated heterocycles. The first-order valence-corrected chi connectivity index (χ1v) is 8.29. The van der Waals surface area contributed by atoms with Gasteiger partial charge in [-0.05, 0) is 35.9 Å². The summed E-state index contributed by atoms with van der Waals surface area (Å²) >= 11 is 3.49. The third-order valence-electron chi connectivity index (χ3n) is 3.92. The third kappa shape index (κ3) is 2.78. The molecular weight excluding hydrogens is 370 g/mol. The maximum absolute atomic E-state index is 12.7. The summed E-state index contributed by atoms with van der Waals surface area (Å²) in [7, 11) is 0. The smallest absolute Gasteiger partial charge is 0.314 e. The summed E-state index contributed by atoms with van der Waals surface area (Å²) in [5.74, 6) is 0. The van der Waals surface area contributed by atoms with Gasteiger partial charge in [-0.2, -0.15) is 0 Å². The monoisotopic (exact) mass is 383 g/mol. The fraction of sp³-hybridized carbons (Fsp3) is 0.118. The van der Waals surface area contributed by atoms with Crippen LogP contribution in [0, 0.1) is 0 Å². The lowest BCUT2D eigenvalue weighted by molar-refractivity contribution is 0.206. The predicted octanol–water partition coefficient (Wildman–Crippen LogP) is 3.58. The zero-order chi connectivity index (χ0) is 16.5. The molecule has 6 nitrogen and oxygen atoms in total. The highest BCUT2D eigenvalue weighted by atomic mass is 79.9. The molecule has 4 rings (SSSR count). The second-order valence-electron chi connectivity index (χ2n) is 5.56. The molecule has 0 unspecified atom stereocenters. The van der Waals surface area contributed by atoms with Crippen LogP contribution in [0.5, 0.6) is 0 Å². The molecule has 120 valence electrons. The van der Waals surface area contributed by atoms with Gasteiger partial charge in [0.2, 0.25) is 0 Å². The summed E-state index contributed by atoms with van der Waals surface area (Å²) in [6.07, 6.45) is 1.69. The third-order valence-corrected chi connectivity index (χ3v) is 4.41. The molecule has 0 atom stereocenters. The Balaban J connectivity index is 1.68. The van der Waals surface area contributed by atoms with E-state index in [0.717, 1.165) is 27.1 Å². The van der Waals surface area contributed by atoms with Crippen molar-refractivity contribution in [1.29, 1.82) is 0 Å². The number of urea groups is 1. The van der Waals surface area contributed by atoms with E-state index in [2.05, 4.69) is 31.6 Å². The molecule has 2 amide bonds. The highest BCUT2D eigenvalue weighted by Gasteiger charge is 2.24. The molecule has 0 fully saturated rings. The van der Waals surface area contributed by atoms with Crippen LogP contribution >= 0.6 is 15.9 Å². The van der Waals surface area contributed by atoms with Crippen LogP contribution in [0.1, 0.15) is 11.3 Å². The lowest BCUT2D eigenvalue weighted by Crippen LogP contribution is -2.33. The molecular formula is C17H14BrN5O. The lowest BCUT2D eigenvalue weighted by Gasteiger charge is -2.21. The van der Waals surface area contributed by atoms with Gasteiger partial charge >= 0.3 is 6.03 Å². The number of nitrogens with zero attached hydrogens (tertiary/aromatic N) is 4. The van der Waals surface area contributed by atoms with Crippen molar-refractivity contribution in [3.05, 3.63) is 70.5 Å². The van der Waals surface area contributed by atoms with Crippen LogP contribution < -0.4 is 5.32 Å². The zero-order valence-corrected chi connectivity index (χ0v) is 14.3. The van der Waals surface area contributed by atoms with Crippen LogP contribution in [0.2, 0.25) is 0 Å². The van der Waals surface area contributed by atoms with E-state index in [4.69, 9.17) is 0 Å². The summed E-state index contributed by atoms with van der Waals surface area (Å²) in [4.78, 5) is 14.5. The Labute approximate surface area is 147 Å². The van der Waals surface area contributed by atoms with E-state index in [-0.39, 0.29) is 6.03 Å². The second kappa shape index (κ2) is 6.09. The lowest BCUT2D eigenvalue weighted by atomic mass is 10.2. The number of benzene rings is 2. The first-order chi connectivity index (χ1) is 11.7. The number of rotatable bonds is 1. The quantitative estimate of drug-likeness (QED) is 0.698. The summed E-state index contributed by atoms with van der Waals surface area (Å²) in [6.45, 7) is 0.939. The van der Waals surface area contributed by atoms with Gasteiger partial charge in [0.1, 0.15) is 0 Å². The number of nitrogens with one attached hydrogen (secondary N) is 1. The fourth-order valence-electron chi connectivity index (χ4n) is 2.78. The molecule has 0 saturated carbocycles. The van der Waals surface area contributed by atoms with Gasteiger partial charge in [0.05, 0.1) is 30.7 Å². The summed E-state index contributed by atoms with van der Waals surface area (Å²) in [5, 5.41) is 11.1. The molecule has 3 aromatic rings. The number of para-hydroxylation sites is 1. The molecule has 2 heterocycles. The molecule has 0 bridgehead atoms. The van der Waals surface area contributed by atoms with Gasteiger partial charge in [0.25, 0.3) is 0 Å². The minimum Gasteiger partial charge on any atom is -0.314 e. The van der Waals surface area contributed by atoms with E-state index < -0.39 is 0 Å². The molecule has 0 aliphatic carbocycles. The van der Waals surface area contributed by atoms with Crippen molar-refractivity contribution in [3.63, 3.8) is 0 Å². The van der Waals surface area contributed by atoms with Crippen LogP contribution in [0.25, 0.3) is 5.69 Å². The number of amides is 2. The van der Waals surface area contributed by atoms with E-state index in [1.54, 1.807) is 15.8 Å². The molecule has 2 aromatic carbocycles. The Morgan fingerprint density at radius 2 is 1.96 bits per heavy atom. The highest BCUT2D eigenvalue weighted by Crippen LogP contribution is 2.26. The Morgan fingerprint density at radius 1 is 1.12 bits per heavy atom. The number of anilines is 1. The highest BCUT2D eigenvalue weighted by molar-refractivity contribution is 9.10. The second-order valence-corrected chi connectivity index (χ2v) is 6.48. The number of carbonyl (C=O) groups is 1. The van der Waals surface area contributed by atoms with Crippen molar-refractivity contribution in [3.8, 4) is 5.69 Å². The van der Waals surface area contributed by atoms with E-state index in [1.165, 1.54) is 0 Å². The summed E-state index contributed by atoms with van der Waals surface area (Å²) < 4.78 is 2.76. The van der Waals surface area contributed by atoms with E-state index in [0.29, 0.717) is 13.1 Å². The standard InChI is InChI=1S/C17H14BrN5O/c18-13-6-7-16-12(8-13)10-22(11-15-9-19-21-23(15)16)17(24)20-14-4-2-1-3-5-14/h1-9H,10-11H2,(H,20,24). The van der Waals surface area contributed by atoms with Crippen LogP contribution in [-0.2, 0) is 13.1 Å². The van der Waals surface area contributed by atoms with Gasteiger partial charge in [-0.1, -0.05) is 39.3 Å². The van der Waals surface area contributed by atoms with Crippen molar-refractivity contribution >= 4 is 27.6 Å². The van der Waals surface area contributed by atoms with Gasteiger partial charge in [-0.25, -0.2) is 9.48 Å². The van der Waals surface area contributed by atoms with Crippen molar-refractivity contribution < 1.29 is 4.79 Å². The van der Waals surface area contributed by atoms with Crippen LogP contribution in [0.4, 0.5) is 10.5 Å². The van der Waals surface area contributed by atoms with E-state index >= 15 is 0 Å². The maximum atomic E-state index is 12.7. The predicted molar refractivity (Wildman–Crippen MR) is 93.8 cm³/mol. The van der Waals surface area contributed by atoms with Crippen LogP contribution in [0.3, 0.4) is 0 Å². The number of aromatic nitrogens is 3. The van der Waals surface area contributed by atoms with Crippen molar-refractivity contribution in [2.45, 2.75) is 13.1 Å². The average Bonchev–Trinajstić information content (AvgIpc) is 2.97. The fourth-order valence-corrected chi connectivity index (χ4v) is 3.19. The molecule has 0 spiro atoms. The molecule has 1 N–H and O–H groups in total. The maximum Gasteiger partial charge on any atom is 0.322 e. The van der Waals surface area contributed by atoms with Gasteiger partial charge < -0.3 is 10.2 Å². The molecule has 1 aliphatic rings. The molecule has 7 heteroatoms. The molecule has 1 aliphatic heterocycles. The van der Waals surface area contributed by atoms with Crippen LogP contribution in [0.15, 0.2) is 59.2 Å². The summed E-state index contributed by atoms with van der Waals surface area (Å²) in [6, 6.07) is 15.2. The Hall–Kier alpha value is -2.67. The van der Waals surface area contributed by atoms with Gasteiger partial charge in [-0.15, -0.1) is 5.10 Å². The molecule has 24 heavy (non-hydrogen) atoms.